The van der Waals surface area contributed by atoms with E-state index in [1.54, 1.807) is 0 Å². The third-order valence-electron chi connectivity index (χ3n) is 3.64. The summed E-state index contributed by atoms with van der Waals surface area (Å²) in [6.07, 6.45) is 1.66. The highest BCUT2D eigenvalue weighted by Crippen LogP contribution is 2.30. The molecular weight excluding hydrogens is 327 g/mol. The van der Waals surface area contributed by atoms with Gasteiger partial charge in [-0.3, -0.25) is 4.79 Å². The Hall–Kier alpha value is -0.420. The molecule has 1 unspecified atom stereocenters. The molecule has 0 bridgehead atoms. The van der Waals surface area contributed by atoms with Gasteiger partial charge in [0.05, 0.1) is 15.8 Å². The van der Waals surface area contributed by atoms with Crippen molar-refractivity contribution in [1.29, 1.82) is 0 Å². The van der Waals surface area contributed by atoms with E-state index in [4.69, 9.17) is 17.3 Å². The van der Waals surface area contributed by atoms with Gasteiger partial charge in [-0.1, -0.05) is 37.6 Å². The van der Waals surface area contributed by atoms with Gasteiger partial charge in [-0.15, -0.1) is 24.2 Å². The van der Waals surface area contributed by atoms with E-state index in [1.807, 2.05) is 45.0 Å². The van der Waals surface area contributed by atoms with Gasteiger partial charge in [0.2, 0.25) is 5.91 Å². The van der Waals surface area contributed by atoms with E-state index in [9.17, 15) is 4.79 Å². The van der Waals surface area contributed by atoms with Crippen molar-refractivity contribution in [2.45, 2.75) is 49.3 Å². The molecule has 0 aliphatic carbocycles. The van der Waals surface area contributed by atoms with E-state index in [0.29, 0.717) is 11.6 Å². The maximum absolute atomic E-state index is 12.3. The Labute approximate surface area is 142 Å². The number of hydrogen-bond donors (Lipinski definition) is 2. The molecule has 3 nitrogen and oxygen atoms in total. The van der Waals surface area contributed by atoms with Crippen LogP contribution in [-0.4, -0.2) is 23.2 Å². The minimum atomic E-state index is -0.299. The lowest BCUT2D eigenvalue weighted by atomic mass is 9.93. The van der Waals surface area contributed by atoms with Gasteiger partial charge in [0, 0.05) is 11.4 Å². The van der Waals surface area contributed by atoms with E-state index in [1.165, 1.54) is 11.8 Å². The van der Waals surface area contributed by atoms with Gasteiger partial charge < -0.3 is 11.1 Å². The molecule has 1 amide bonds. The van der Waals surface area contributed by atoms with Crippen LogP contribution in [0.5, 0.6) is 0 Å². The molecule has 6 heteroatoms. The highest BCUT2D eigenvalue weighted by Gasteiger charge is 2.28. The number of nitrogens with one attached hydrogen (secondary N) is 1. The number of thioether (sulfide) groups is 1. The number of amides is 1. The topological polar surface area (TPSA) is 55.1 Å². The summed E-state index contributed by atoms with van der Waals surface area (Å²) < 4.78 is 0. The van der Waals surface area contributed by atoms with E-state index in [0.717, 1.165) is 17.7 Å². The molecule has 3 N–H and O–H groups in total. The summed E-state index contributed by atoms with van der Waals surface area (Å²) in [5.41, 5.74) is 5.51. The first-order chi connectivity index (χ1) is 9.48. The lowest BCUT2D eigenvalue weighted by molar-refractivity contribution is -0.122. The highest BCUT2D eigenvalue weighted by molar-refractivity contribution is 8.00. The lowest BCUT2D eigenvalue weighted by Gasteiger charge is -2.32. The Morgan fingerprint density at radius 1 is 1.38 bits per heavy atom. The number of carbonyl (C=O) groups excluding carboxylic acids is 1. The lowest BCUT2D eigenvalue weighted by Crippen LogP contribution is -2.54. The van der Waals surface area contributed by atoms with Crippen LogP contribution < -0.4 is 11.1 Å². The SMILES string of the molecule is CCC(CC)(CN)NC(=O)C(C)Sc1ccccc1Cl.Cl. The molecule has 1 rings (SSSR count). The molecule has 0 fully saturated rings. The molecule has 0 radical (unpaired) electrons. The molecule has 0 aromatic heterocycles. The van der Waals surface area contributed by atoms with Crippen LogP contribution >= 0.6 is 35.8 Å². The summed E-state index contributed by atoms with van der Waals surface area (Å²) in [7, 11) is 0. The number of benzene rings is 1. The maximum atomic E-state index is 12.3. The molecule has 120 valence electrons. The van der Waals surface area contributed by atoms with Crippen LogP contribution in [0.3, 0.4) is 0 Å². The number of halogens is 2. The van der Waals surface area contributed by atoms with Crippen molar-refractivity contribution >= 4 is 41.7 Å². The fourth-order valence-electron chi connectivity index (χ4n) is 1.91. The van der Waals surface area contributed by atoms with Gasteiger partial charge in [0.1, 0.15) is 0 Å². The fourth-order valence-corrected chi connectivity index (χ4v) is 3.07. The molecule has 1 aromatic rings. The summed E-state index contributed by atoms with van der Waals surface area (Å²) in [5, 5.41) is 3.56. The second-order valence-electron chi connectivity index (χ2n) is 4.87. The highest BCUT2D eigenvalue weighted by atomic mass is 35.5. The van der Waals surface area contributed by atoms with Gasteiger partial charge >= 0.3 is 0 Å². The second kappa shape index (κ2) is 9.57. The van der Waals surface area contributed by atoms with Crippen molar-refractivity contribution in [3.8, 4) is 0 Å². The minimum absolute atomic E-state index is 0. The van der Waals surface area contributed by atoms with Crippen molar-refractivity contribution in [2.24, 2.45) is 5.73 Å². The Morgan fingerprint density at radius 2 is 1.95 bits per heavy atom. The molecule has 0 aliphatic heterocycles. The van der Waals surface area contributed by atoms with Gasteiger partial charge in [0.25, 0.3) is 0 Å². The monoisotopic (exact) mass is 350 g/mol. The molecule has 0 aliphatic rings. The van der Waals surface area contributed by atoms with Crippen LogP contribution in [0.4, 0.5) is 0 Å². The molecule has 1 atom stereocenters. The van der Waals surface area contributed by atoms with Gasteiger partial charge in [-0.05, 0) is 31.9 Å². The summed E-state index contributed by atoms with van der Waals surface area (Å²) in [6.45, 7) is 6.43. The Morgan fingerprint density at radius 3 is 2.43 bits per heavy atom. The normalized spacial score (nSPS) is 12.4. The molecule has 0 heterocycles. The molecule has 0 spiro atoms. The fraction of sp³-hybridized carbons (Fsp3) is 0.533. The first kappa shape index (κ1) is 20.6. The molecule has 0 saturated carbocycles. The maximum Gasteiger partial charge on any atom is 0.233 e. The predicted octanol–water partition coefficient (Wildman–Crippen LogP) is 3.88. The third-order valence-corrected chi connectivity index (χ3v) is 5.26. The quantitative estimate of drug-likeness (QED) is 0.733. The van der Waals surface area contributed by atoms with Crippen LogP contribution in [0.2, 0.25) is 5.02 Å². The van der Waals surface area contributed by atoms with Crippen LogP contribution in [-0.2, 0) is 4.79 Å². The summed E-state index contributed by atoms with van der Waals surface area (Å²) >= 11 is 7.58. The minimum Gasteiger partial charge on any atom is -0.348 e. The number of carbonyl (C=O) groups is 1. The largest absolute Gasteiger partial charge is 0.348 e. The van der Waals surface area contributed by atoms with Crippen molar-refractivity contribution < 1.29 is 4.79 Å². The first-order valence-corrected chi connectivity index (χ1v) is 8.17. The smallest absolute Gasteiger partial charge is 0.233 e. The molecule has 1 aromatic carbocycles. The van der Waals surface area contributed by atoms with Crippen LogP contribution in [0, 0.1) is 0 Å². The van der Waals surface area contributed by atoms with E-state index >= 15 is 0 Å². The van der Waals surface area contributed by atoms with Gasteiger partial charge in [-0.2, -0.15) is 0 Å². The molecule has 0 saturated heterocycles. The zero-order valence-corrected chi connectivity index (χ0v) is 15.1. The zero-order chi connectivity index (χ0) is 15.2. The van der Waals surface area contributed by atoms with E-state index in [-0.39, 0.29) is 29.1 Å². The van der Waals surface area contributed by atoms with Crippen LogP contribution in [0.25, 0.3) is 0 Å². The van der Waals surface area contributed by atoms with E-state index in [2.05, 4.69) is 5.32 Å². The van der Waals surface area contributed by atoms with Gasteiger partial charge in [0.15, 0.2) is 0 Å². The summed E-state index contributed by atoms with van der Waals surface area (Å²) in [5.74, 6) is 0.00377. The molecule has 21 heavy (non-hydrogen) atoms. The summed E-state index contributed by atoms with van der Waals surface area (Å²) in [6, 6.07) is 7.55. The van der Waals surface area contributed by atoms with Crippen molar-refractivity contribution in [3.05, 3.63) is 29.3 Å². The van der Waals surface area contributed by atoms with Crippen LogP contribution in [0.1, 0.15) is 33.6 Å². The van der Waals surface area contributed by atoms with Crippen molar-refractivity contribution in [1.82, 2.24) is 5.32 Å². The van der Waals surface area contributed by atoms with Crippen LogP contribution in [0.15, 0.2) is 29.2 Å². The number of nitrogens with two attached hydrogens (primary N) is 1. The van der Waals surface area contributed by atoms with Gasteiger partial charge in [-0.25, -0.2) is 0 Å². The number of rotatable bonds is 7. The third kappa shape index (κ3) is 5.70. The predicted molar refractivity (Wildman–Crippen MR) is 94.5 cm³/mol. The average molecular weight is 351 g/mol. The molecular formula is C15H24Cl2N2OS. The zero-order valence-electron chi connectivity index (χ0n) is 12.7. The Bertz CT molecular complexity index is 445. The number of hydrogen-bond acceptors (Lipinski definition) is 3. The average Bonchev–Trinajstić information content (AvgIpc) is 2.47. The first-order valence-electron chi connectivity index (χ1n) is 6.91. The Balaban J connectivity index is 0.00000400. The van der Waals surface area contributed by atoms with Crippen molar-refractivity contribution in [2.75, 3.05) is 6.54 Å². The standard InChI is InChI=1S/C15H23ClN2OS.ClH/c1-4-15(5-2,10-17)18-14(19)11(3)20-13-9-7-6-8-12(13)16;/h6-9,11H,4-5,10,17H2,1-3H3,(H,18,19);1H. The Kier molecular flexibility index (Phi) is 9.38. The van der Waals surface area contributed by atoms with E-state index < -0.39 is 0 Å². The second-order valence-corrected chi connectivity index (χ2v) is 6.66. The summed E-state index contributed by atoms with van der Waals surface area (Å²) in [4.78, 5) is 13.2. The van der Waals surface area contributed by atoms with Crippen molar-refractivity contribution in [3.63, 3.8) is 0 Å².